The summed E-state index contributed by atoms with van der Waals surface area (Å²) in [5.41, 5.74) is 1.66. The molecule has 0 bridgehead atoms. The molecule has 0 atom stereocenters. The number of halogens is 2. The summed E-state index contributed by atoms with van der Waals surface area (Å²) in [4.78, 5) is 11.7. The Morgan fingerprint density at radius 1 is 1.24 bits per heavy atom. The Hall–Kier alpha value is -1.03. The van der Waals surface area contributed by atoms with Crippen molar-refractivity contribution in [2.75, 3.05) is 5.32 Å². The smallest absolute Gasteiger partial charge is 0.228 e. The zero-order valence-electron chi connectivity index (χ0n) is 8.74. The van der Waals surface area contributed by atoms with Crippen molar-refractivity contribution in [3.63, 3.8) is 0 Å². The van der Waals surface area contributed by atoms with Crippen molar-refractivity contribution >= 4 is 46.1 Å². The van der Waals surface area contributed by atoms with Gasteiger partial charge in [-0.05, 0) is 40.6 Å². The molecular weight excluding hydrogens is 277 g/mol. The summed E-state index contributed by atoms with van der Waals surface area (Å²) in [5, 5.41) is 7.57. The Balaban J connectivity index is 2.00. The third-order valence-electron chi connectivity index (χ3n) is 2.15. The molecule has 1 heterocycles. The highest BCUT2D eigenvalue weighted by Gasteiger charge is 2.05. The van der Waals surface area contributed by atoms with Crippen molar-refractivity contribution in [2.45, 2.75) is 6.42 Å². The van der Waals surface area contributed by atoms with Gasteiger partial charge in [0.15, 0.2) is 0 Å². The van der Waals surface area contributed by atoms with Gasteiger partial charge in [-0.2, -0.15) is 11.3 Å². The Morgan fingerprint density at radius 3 is 2.71 bits per heavy atom. The molecule has 2 rings (SSSR count). The van der Waals surface area contributed by atoms with Crippen molar-refractivity contribution in [3.05, 3.63) is 50.6 Å². The second-order valence-electron chi connectivity index (χ2n) is 3.49. The Labute approximate surface area is 113 Å². The highest BCUT2D eigenvalue weighted by Crippen LogP contribution is 2.25. The standard InChI is InChI=1S/C12H9Cl2NOS/c13-10-2-1-9(6-11(10)14)15-12(16)5-8-3-4-17-7-8/h1-4,6-7H,5H2,(H,15,16). The van der Waals surface area contributed by atoms with E-state index < -0.39 is 0 Å². The lowest BCUT2D eigenvalue weighted by Gasteiger charge is -2.05. The van der Waals surface area contributed by atoms with E-state index in [1.54, 1.807) is 29.5 Å². The normalized spacial score (nSPS) is 10.2. The molecule has 2 aromatic rings. The third-order valence-corrected chi connectivity index (χ3v) is 3.62. The number of carbonyl (C=O) groups excluding carboxylic acids is 1. The van der Waals surface area contributed by atoms with Crippen LogP contribution in [0.3, 0.4) is 0 Å². The number of rotatable bonds is 3. The van der Waals surface area contributed by atoms with Gasteiger partial charge in [-0.1, -0.05) is 23.2 Å². The van der Waals surface area contributed by atoms with Gasteiger partial charge in [0.25, 0.3) is 0 Å². The van der Waals surface area contributed by atoms with Crippen molar-refractivity contribution in [1.82, 2.24) is 0 Å². The molecule has 0 saturated heterocycles. The molecule has 1 N–H and O–H groups in total. The minimum atomic E-state index is -0.0678. The lowest BCUT2D eigenvalue weighted by molar-refractivity contribution is -0.115. The third kappa shape index (κ3) is 3.46. The number of benzene rings is 1. The van der Waals surface area contributed by atoms with Crippen LogP contribution in [-0.4, -0.2) is 5.91 Å². The van der Waals surface area contributed by atoms with E-state index in [1.165, 1.54) is 0 Å². The van der Waals surface area contributed by atoms with Gasteiger partial charge >= 0.3 is 0 Å². The number of anilines is 1. The average molecular weight is 286 g/mol. The van der Waals surface area contributed by atoms with E-state index in [1.807, 2.05) is 16.8 Å². The maximum atomic E-state index is 11.7. The number of hydrogen-bond donors (Lipinski definition) is 1. The number of thiophene rings is 1. The molecule has 0 unspecified atom stereocenters. The van der Waals surface area contributed by atoms with Gasteiger partial charge in [0, 0.05) is 5.69 Å². The van der Waals surface area contributed by atoms with Crippen LogP contribution in [-0.2, 0) is 11.2 Å². The van der Waals surface area contributed by atoms with Crippen molar-refractivity contribution < 1.29 is 4.79 Å². The summed E-state index contributed by atoms with van der Waals surface area (Å²) in [6.07, 6.45) is 0.365. The summed E-state index contributed by atoms with van der Waals surface area (Å²) in [6, 6.07) is 6.94. The maximum Gasteiger partial charge on any atom is 0.228 e. The predicted molar refractivity (Wildman–Crippen MR) is 73.1 cm³/mol. The maximum absolute atomic E-state index is 11.7. The van der Waals surface area contributed by atoms with Gasteiger partial charge < -0.3 is 5.32 Å². The first-order chi connectivity index (χ1) is 8.15. The van der Waals surface area contributed by atoms with E-state index in [0.29, 0.717) is 22.2 Å². The second kappa shape index (κ2) is 5.54. The first kappa shape index (κ1) is 12.4. The SMILES string of the molecule is O=C(Cc1ccsc1)Nc1ccc(Cl)c(Cl)c1. The fraction of sp³-hybridized carbons (Fsp3) is 0.0833. The summed E-state index contributed by atoms with van der Waals surface area (Å²) in [7, 11) is 0. The van der Waals surface area contributed by atoms with Crippen LogP contribution in [0.15, 0.2) is 35.0 Å². The van der Waals surface area contributed by atoms with Crippen LogP contribution in [0.1, 0.15) is 5.56 Å². The topological polar surface area (TPSA) is 29.1 Å². The van der Waals surface area contributed by atoms with Gasteiger partial charge in [-0.15, -0.1) is 0 Å². The molecule has 1 amide bonds. The largest absolute Gasteiger partial charge is 0.326 e. The van der Waals surface area contributed by atoms with E-state index in [0.717, 1.165) is 5.56 Å². The van der Waals surface area contributed by atoms with Crippen LogP contribution in [0, 0.1) is 0 Å². The fourth-order valence-electron chi connectivity index (χ4n) is 1.36. The summed E-state index contributed by atoms with van der Waals surface area (Å²) < 4.78 is 0. The zero-order valence-corrected chi connectivity index (χ0v) is 11.1. The first-order valence-corrected chi connectivity index (χ1v) is 6.61. The minimum absolute atomic E-state index is 0.0678. The number of nitrogens with one attached hydrogen (secondary N) is 1. The lowest BCUT2D eigenvalue weighted by Crippen LogP contribution is -2.13. The number of hydrogen-bond acceptors (Lipinski definition) is 2. The Morgan fingerprint density at radius 2 is 2.06 bits per heavy atom. The molecule has 0 aliphatic carbocycles. The molecule has 2 nitrogen and oxygen atoms in total. The quantitative estimate of drug-likeness (QED) is 0.898. The molecule has 88 valence electrons. The van der Waals surface area contributed by atoms with E-state index in [4.69, 9.17) is 23.2 Å². The molecule has 0 aliphatic heterocycles. The molecule has 0 radical (unpaired) electrons. The number of amides is 1. The second-order valence-corrected chi connectivity index (χ2v) is 5.08. The molecule has 0 aliphatic rings. The monoisotopic (exact) mass is 285 g/mol. The molecule has 1 aromatic heterocycles. The van der Waals surface area contributed by atoms with Crippen LogP contribution in [0.2, 0.25) is 10.0 Å². The van der Waals surface area contributed by atoms with Crippen molar-refractivity contribution in [1.29, 1.82) is 0 Å². The molecule has 0 fully saturated rings. The van der Waals surface area contributed by atoms with Gasteiger partial charge in [-0.3, -0.25) is 4.79 Å². The number of carbonyl (C=O) groups is 1. The van der Waals surface area contributed by atoms with Gasteiger partial charge in [0.05, 0.1) is 16.5 Å². The van der Waals surface area contributed by atoms with E-state index in [2.05, 4.69) is 5.32 Å². The van der Waals surface area contributed by atoms with E-state index in [-0.39, 0.29) is 5.91 Å². The highest BCUT2D eigenvalue weighted by atomic mass is 35.5. The summed E-state index contributed by atoms with van der Waals surface area (Å²) in [6.45, 7) is 0. The van der Waals surface area contributed by atoms with Crippen LogP contribution in [0.4, 0.5) is 5.69 Å². The molecule has 17 heavy (non-hydrogen) atoms. The zero-order chi connectivity index (χ0) is 12.3. The Kier molecular flexibility index (Phi) is 4.05. The highest BCUT2D eigenvalue weighted by molar-refractivity contribution is 7.08. The van der Waals surface area contributed by atoms with Crippen LogP contribution in [0.25, 0.3) is 0 Å². The average Bonchev–Trinajstić information content (AvgIpc) is 2.76. The van der Waals surface area contributed by atoms with Crippen LogP contribution < -0.4 is 5.32 Å². The van der Waals surface area contributed by atoms with Crippen molar-refractivity contribution in [2.24, 2.45) is 0 Å². The van der Waals surface area contributed by atoms with Gasteiger partial charge in [-0.25, -0.2) is 0 Å². The molecule has 0 saturated carbocycles. The van der Waals surface area contributed by atoms with E-state index >= 15 is 0 Å². The molecule has 1 aromatic carbocycles. The molecule has 5 heteroatoms. The van der Waals surface area contributed by atoms with Crippen LogP contribution in [0.5, 0.6) is 0 Å². The van der Waals surface area contributed by atoms with Gasteiger partial charge in [0.1, 0.15) is 0 Å². The molecular formula is C12H9Cl2NOS. The van der Waals surface area contributed by atoms with Crippen LogP contribution >= 0.6 is 34.5 Å². The minimum Gasteiger partial charge on any atom is -0.326 e. The van der Waals surface area contributed by atoms with E-state index in [9.17, 15) is 4.79 Å². The summed E-state index contributed by atoms with van der Waals surface area (Å²) >= 11 is 13.2. The van der Waals surface area contributed by atoms with Crippen molar-refractivity contribution in [3.8, 4) is 0 Å². The van der Waals surface area contributed by atoms with Gasteiger partial charge in [0.2, 0.25) is 5.91 Å². The Bertz CT molecular complexity index is 525. The fourth-order valence-corrected chi connectivity index (χ4v) is 2.32. The predicted octanol–water partition coefficient (Wildman–Crippen LogP) is 4.24. The molecule has 0 spiro atoms. The first-order valence-electron chi connectivity index (χ1n) is 4.91. The lowest BCUT2D eigenvalue weighted by atomic mass is 10.2. The summed E-state index contributed by atoms with van der Waals surface area (Å²) in [5.74, 6) is -0.0678.